The second-order valence-electron chi connectivity index (χ2n) is 4.48. The molecule has 96 valence electrons. The number of benzene rings is 1. The number of likely N-dealkylation sites (tertiary alicyclic amines) is 1. The van der Waals surface area contributed by atoms with Gasteiger partial charge in [-0.2, -0.15) is 0 Å². The third-order valence-electron chi connectivity index (χ3n) is 3.04. The molecule has 1 heterocycles. The molecule has 4 heteroatoms. The van der Waals surface area contributed by atoms with Gasteiger partial charge in [0.2, 0.25) is 5.91 Å². The van der Waals surface area contributed by atoms with Crippen molar-refractivity contribution in [3.63, 3.8) is 0 Å². The molecule has 1 aliphatic rings. The summed E-state index contributed by atoms with van der Waals surface area (Å²) in [5.74, 6) is -0.110. The molecule has 1 amide bonds. The van der Waals surface area contributed by atoms with E-state index in [1.54, 1.807) is 18.2 Å². The number of nitrogens with zero attached hydrogens (tertiary/aromatic N) is 1. The van der Waals surface area contributed by atoms with E-state index in [2.05, 4.69) is 10.2 Å². The summed E-state index contributed by atoms with van der Waals surface area (Å²) < 4.78 is 0. The maximum atomic E-state index is 11.8. The lowest BCUT2D eigenvalue weighted by atomic mass is 10.3. The van der Waals surface area contributed by atoms with Gasteiger partial charge in [-0.05, 0) is 38.0 Å². The van der Waals surface area contributed by atoms with E-state index in [1.165, 1.54) is 12.8 Å². The fraction of sp³-hybridized carbons (Fsp3) is 0.357. The van der Waals surface area contributed by atoms with E-state index in [9.17, 15) is 4.79 Å². The van der Waals surface area contributed by atoms with Crippen molar-refractivity contribution < 1.29 is 4.79 Å². The molecular formula is C14H17ClN2O. The monoisotopic (exact) mass is 264 g/mol. The molecular weight excluding hydrogens is 248 g/mol. The summed E-state index contributed by atoms with van der Waals surface area (Å²) in [4.78, 5) is 14.1. The molecule has 3 nitrogen and oxygen atoms in total. The van der Waals surface area contributed by atoms with E-state index in [-0.39, 0.29) is 5.91 Å². The van der Waals surface area contributed by atoms with Crippen LogP contribution in [0.3, 0.4) is 0 Å². The third kappa shape index (κ3) is 3.50. The molecule has 1 N–H and O–H groups in total. The lowest BCUT2D eigenvalue weighted by Gasteiger charge is -2.17. The highest BCUT2D eigenvalue weighted by Crippen LogP contribution is 2.16. The Morgan fingerprint density at radius 2 is 2.11 bits per heavy atom. The number of halogens is 1. The zero-order chi connectivity index (χ0) is 13.0. The number of allylic oxidation sites excluding steroid dienone is 1. The van der Waals surface area contributed by atoms with E-state index in [0.717, 1.165) is 24.5 Å². The van der Waals surface area contributed by atoms with Crippen molar-refractivity contribution in [2.24, 2.45) is 0 Å². The van der Waals surface area contributed by atoms with E-state index in [1.807, 2.05) is 19.1 Å². The quantitative estimate of drug-likeness (QED) is 0.850. The highest BCUT2D eigenvalue weighted by atomic mass is 35.5. The maximum Gasteiger partial charge on any atom is 0.250 e. The van der Waals surface area contributed by atoms with E-state index < -0.39 is 0 Å². The highest BCUT2D eigenvalue weighted by molar-refractivity contribution is 6.30. The van der Waals surface area contributed by atoms with Gasteiger partial charge in [0.25, 0.3) is 0 Å². The predicted molar refractivity (Wildman–Crippen MR) is 74.6 cm³/mol. The molecule has 1 fully saturated rings. The zero-order valence-electron chi connectivity index (χ0n) is 10.4. The Bertz CT molecular complexity index is 465. The van der Waals surface area contributed by atoms with Gasteiger partial charge < -0.3 is 10.2 Å². The minimum atomic E-state index is -0.110. The molecule has 0 aromatic heterocycles. The zero-order valence-corrected chi connectivity index (χ0v) is 11.2. The summed E-state index contributed by atoms with van der Waals surface area (Å²) >= 11 is 5.86. The largest absolute Gasteiger partial charge is 0.375 e. The van der Waals surface area contributed by atoms with Crippen molar-refractivity contribution in [3.05, 3.63) is 41.1 Å². The fourth-order valence-corrected chi connectivity index (χ4v) is 2.29. The minimum absolute atomic E-state index is 0.110. The Labute approximate surface area is 112 Å². The predicted octanol–water partition coefficient (Wildman–Crippen LogP) is 3.28. The first-order chi connectivity index (χ1) is 8.65. The van der Waals surface area contributed by atoms with Gasteiger partial charge in [0.15, 0.2) is 0 Å². The number of amides is 1. The standard InChI is InChI=1S/C14H17ClN2O/c1-11(17-7-2-3-8-17)9-14(18)16-13-6-4-5-12(15)10-13/h4-6,9-10H,2-3,7-8H2,1H3,(H,16,18)/b11-9+. The van der Waals surface area contributed by atoms with Crippen LogP contribution in [-0.4, -0.2) is 23.9 Å². The molecule has 0 radical (unpaired) electrons. The first-order valence-corrected chi connectivity index (χ1v) is 6.53. The van der Waals surface area contributed by atoms with E-state index in [4.69, 9.17) is 11.6 Å². The summed E-state index contributed by atoms with van der Waals surface area (Å²) in [6.07, 6.45) is 4.06. The van der Waals surface area contributed by atoms with Crippen molar-refractivity contribution in [2.45, 2.75) is 19.8 Å². The Balaban J connectivity index is 1.97. The molecule has 18 heavy (non-hydrogen) atoms. The lowest BCUT2D eigenvalue weighted by molar-refractivity contribution is -0.112. The second-order valence-corrected chi connectivity index (χ2v) is 4.92. The Hall–Kier alpha value is -1.48. The molecule has 2 rings (SSSR count). The fourth-order valence-electron chi connectivity index (χ4n) is 2.10. The van der Waals surface area contributed by atoms with Gasteiger partial charge >= 0.3 is 0 Å². The van der Waals surface area contributed by atoms with Crippen LogP contribution < -0.4 is 5.32 Å². The van der Waals surface area contributed by atoms with Crippen LogP contribution in [0.2, 0.25) is 5.02 Å². The molecule has 0 bridgehead atoms. The maximum absolute atomic E-state index is 11.8. The van der Waals surface area contributed by atoms with Crippen molar-refractivity contribution in [2.75, 3.05) is 18.4 Å². The smallest absolute Gasteiger partial charge is 0.250 e. The summed E-state index contributed by atoms with van der Waals surface area (Å²) in [5.41, 5.74) is 1.74. The van der Waals surface area contributed by atoms with Gasteiger partial charge in [-0.15, -0.1) is 0 Å². The van der Waals surface area contributed by atoms with Gasteiger partial charge in [0.1, 0.15) is 0 Å². The summed E-state index contributed by atoms with van der Waals surface area (Å²) in [6.45, 7) is 4.07. The molecule has 1 aliphatic heterocycles. The Kier molecular flexibility index (Phi) is 4.26. The van der Waals surface area contributed by atoms with Gasteiger partial charge in [0, 0.05) is 35.6 Å². The first-order valence-electron chi connectivity index (χ1n) is 6.15. The Morgan fingerprint density at radius 1 is 1.39 bits per heavy atom. The number of rotatable bonds is 3. The topological polar surface area (TPSA) is 32.3 Å². The van der Waals surface area contributed by atoms with Crippen LogP contribution in [0.25, 0.3) is 0 Å². The normalized spacial score (nSPS) is 15.9. The minimum Gasteiger partial charge on any atom is -0.375 e. The molecule has 0 spiro atoms. The third-order valence-corrected chi connectivity index (χ3v) is 3.27. The van der Waals surface area contributed by atoms with Crippen LogP contribution in [0, 0.1) is 0 Å². The van der Waals surface area contributed by atoms with Crippen LogP contribution in [0.4, 0.5) is 5.69 Å². The number of nitrogens with one attached hydrogen (secondary N) is 1. The molecule has 0 atom stereocenters. The van der Waals surface area contributed by atoms with Crippen LogP contribution in [0.5, 0.6) is 0 Å². The second kappa shape index (κ2) is 5.91. The van der Waals surface area contributed by atoms with Crippen LogP contribution in [0.1, 0.15) is 19.8 Å². The first kappa shape index (κ1) is 13.0. The summed E-state index contributed by atoms with van der Waals surface area (Å²) in [7, 11) is 0. The average Bonchev–Trinajstić information content (AvgIpc) is 2.81. The average molecular weight is 265 g/mol. The number of carbonyl (C=O) groups excluding carboxylic acids is 1. The van der Waals surface area contributed by atoms with Gasteiger partial charge in [0.05, 0.1) is 0 Å². The summed E-state index contributed by atoms with van der Waals surface area (Å²) in [5, 5.41) is 3.43. The number of carbonyl (C=O) groups is 1. The van der Waals surface area contributed by atoms with E-state index in [0.29, 0.717) is 5.02 Å². The molecule has 0 saturated carbocycles. The summed E-state index contributed by atoms with van der Waals surface area (Å²) in [6, 6.07) is 7.15. The van der Waals surface area contributed by atoms with Gasteiger partial charge in [-0.25, -0.2) is 0 Å². The van der Waals surface area contributed by atoms with Gasteiger partial charge in [-0.1, -0.05) is 17.7 Å². The number of hydrogen-bond donors (Lipinski definition) is 1. The van der Waals surface area contributed by atoms with Crippen LogP contribution in [-0.2, 0) is 4.79 Å². The number of anilines is 1. The molecule has 1 aromatic carbocycles. The molecule has 0 unspecified atom stereocenters. The van der Waals surface area contributed by atoms with Crippen molar-refractivity contribution in [3.8, 4) is 0 Å². The molecule has 1 aromatic rings. The van der Waals surface area contributed by atoms with Gasteiger partial charge in [-0.3, -0.25) is 4.79 Å². The van der Waals surface area contributed by atoms with E-state index >= 15 is 0 Å². The van der Waals surface area contributed by atoms with Crippen molar-refractivity contribution in [1.29, 1.82) is 0 Å². The Morgan fingerprint density at radius 3 is 2.78 bits per heavy atom. The SMILES string of the molecule is C/C(=C\C(=O)Nc1cccc(Cl)c1)N1CCCC1. The highest BCUT2D eigenvalue weighted by Gasteiger charge is 2.12. The number of hydrogen-bond acceptors (Lipinski definition) is 2. The van der Waals surface area contributed by atoms with Crippen molar-refractivity contribution in [1.82, 2.24) is 4.90 Å². The lowest BCUT2D eigenvalue weighted by Crippen LogP contribution is -2.19. The molecule has 0 aliphatic carbocycles. The van der Waals surface area contributed by atoms with Crippen LogP contribution in [0.15, 0.2) is 36.0 Å². The molecule has 1 saturated heterocycles. The van der Waals surface area contributed by atoms with Crippen molar-refractivity contribution >= 4 is 23.2 Å². The van der Waals surface area contributed by atoms with Crippen LogP contribution >= 0.6 is 11.6 Å².